The molecule has 2 heteroatoms. The molecule has 0 bridgehead atoms. The lowest BCUT2D eigenvalue weighted by Gasteiger charge is -2.27. The highest BCUT2D eigenvalue weighted by molar-refractivity contribution is 7.99. The van der Waals surface area contributed by atoms with E-state index in [1.807, 2.05) is 54.6 Å². The maximum Gasteiger partial charge on any atom is 0.220 e. The van der Waals surface area contributed by atoms with Crippen LogP contribution in [-0.4, -0.2) is 5.78 Å². The van der Waals surface area contributed by atoms with E-state index in [0.29, 0.717) is 5.31 Å². The molecule has 1 nitrogen and oxygen atoms in total. The molecule has 3 rings (SSSR count). The fourth-order valence-corrected chi connectivity index (χ4v) is 7.26. The molecular formula is C23H20OP+. The van der Waals surface area contributed by atoms with Gasteiger partial charge in [-0.2, -0.15) is 0 Å². The van der Waals surface area contributed by atoms with Crippen LogP contribution in [0.2, 0.25) is 0 Å². The van der Waals surface area contributed by atoms with Crippen LogP contribution in [0.15, 0.2) is 116 Å². The van der Waals surface area contributed by atoms with Crippen molar-refractivity contribution in [3.05, 3.63) is 116 Å². The molecule has 0 saturated carbocycles. The number of carbonyl (C=O) groups is 1. The molecule has 0 aromatic heterocycles. The Balaban J connectivity index is 2.42. The molecule has 0 aliphatic carbocycles. The van der Waals surface area contributed by atoms with Crippen LogP contribution in [0.1, 0.15) is 0 Å². The first-order chi connectivity index (χ1) is 12.2. The van der Waals surface area contributed by atoms with Crippen molar-refractivity contribution in [2.75, 3.05) is 0 Å². The van der Waals surface area contributed by atoms with Crippen molar-refractivity contribution in [2.24, 2.45) is 0 Å². The fraction of sp³-hybridized carbons (Fsp3) is 0. The highest BCUT2D eigenvalue weighted by Crippen LogP contribution is 2.62. The number of allylic oxidation sites excluding steroid dienone is 2. The molecular weight excluding hydrogens is 323 g/mol. The standard InChI is InChI=1S/C23H20OP/c1-3-23(24)19(2)25(20-13-7-4-8-14-20,21-15-9-5-10-16-21)22-17-11-6-12-18-22/h3-18H,1-2H2/q+1. The molecule has 0 aliphatic rings. The van der Waals surface area contributed by atoms with E-state index in [0.717, 1.165) is 15.9 Å². The van der Waals surface area contributed by atoms with Gasteiger partial charge in [0, 0.05) is 0 Å². The Labute approximate surface area is 149 Å². The largest absolute Gasteiger partial charge is 0.286 e. The predicted molar refractivity (Wildman–Crippen MR) is 109 cm³/mol. The van der Waals surface area contributed by atoms with Gasteiger partial charge in [0.1, 0.15) is 28.5 Å². The number of carbonyl (C=O) groups excluding carboxylic acids is 1. The summed E-state index contributed by atoms with van der Waals surface area (Å²) in [5.74, 6) is -0.107. The average molecular weight is 343 g/mol. The highest BCUT2D eigenvalue weighted by Gasteiger charge is 2.50. The number of hydrogen-bond donors (Lipinski definition) is 0. The van der Waals surface area contributed by atoms with Gasteiger partial charge in [-0.15, -0.1) is 0 Å². The molecule has 0 radical (unpaired) electrons. The Hall–Kier alpha value is -2.76. The van der Waals surface area contributed by atoms with Crippen molar-refractivity contribution >= 4 is 29.0 Å². The van der Waals surface area contributed by atoms with E-state index in [1.54, 1.807) is 0 Å². The van der Waals surface area contributed by atoms with Crippen molar-refractivity contribution in [2.45, 2.75) is 0 Å². The predicted octanol–water partition coefficient (Wildman–Crippen LogP) is 4.25. The van der Waals surface area contributed by atoms with Crippen molar-refractivity contribution in [1.29, 1.82) is 0 Å². The van der Waals surface area contributed by atoms with Gasteiger partial charge in [0.05, 0.1) is 0 Å². The summed E-state index contributed by atoms with van der Waals surface area (Å²) in [6, 6.07) is 30.6. The molecule has 25 heavy (non-hydrogen) atoms. The Morgan fingerprint density at radius 3 is 1.28 bits per heavy atom. The third-order valence-corrected chi connectivity index (χ3v) is 8.55. The number of rotatable bonds is 6. The smallest absolute Gasteiger partial charge is 0.220 e. The molecule has 0 spiro atoms. The Kier molecular flexibility index (Phi) is 5.07. The van der Waals surface area contributed by atoms with Crippen molar-refractivity contribution in [1.82, 2.24) is 0 Å². The van der Waals surface area contributed by atoms with Gasteiger partial charge >= 0.3 is 0 Å². The second kappa shape index (κ2) is 7.42. The maximum atomic E-state index is 12.7. The first kappa shape index (κ1) is 17.1. The lowest BCUT2D eigenvalue weighted by molar-refractivity contribution is -0.110. The van der Waals surface area contributed by atoms with Crippen LogP contribution in [0, 0.1) is 0 Å². The van der Waals surface area contributed by atoms with Gasteiger partial charge in [0.25, 0.3) is 0 Å². The Morgan fingerprint density at radius 1 is 0.680 bits per heavy atom. The van der Waals surface area contributed by atoms with E-state index < -0.39 is 7.26 Å². The molecule has 0 saturated heterocycles. The van der Waals surface area contributed by atoms with Crippen LogP contribution in [0.3, 0.4) is 0 Å². The topological polar surface area (TPSA) is 17.1 Å². The van der Waals surface area contributed by atoms with E-state index in [4.69, 9.17) is 0 Å². The molecule has 0 heterocycles. The van der Waals surface area contributed by atoms with Crippen molar-refractivity contribution < 1.29 is 4.79 Å². The average Bonchev–Trinajstić information content (AvgIpc) is 2.70. The summed E-state index contributed by atoms with van der Waals surface area (Å²) in [5.41, 5.74) is 0. The van der Waals surface area contributed by atoms with Crippen LogP contribution in [-0.2, 0) is 4.79 Å². The zero-order valence-corrected chi connectivity index (χ0v) is 14.9. The SMILES string of the molecule is C=CC(=O)C(=C)[P+](c1ccccc1)(c1ccccc1)c1ccccc1. The molecule has 3 aromatic rings. The fourth-order valence-electron chi connectivity index (χ4n) is 3.15. The van der Waals surface area contributed by atoms with Gasteiger partial charge in [-0.1, -0.05) is 67.8 Å². The zero-order valence-electron chi connectivity index (χ0n) is 14.0. The van der Waals surface area contributed by atoms with Crippen molar-refractivity contribution in [3.63, 3.8) is 0 Å². The van der Waals surface area contributed by atoms with Gasteiger partial charge in [0.2, 0.25) is 5.78 Å². The second-order valence-electron chi connectivity index (χ2n) is 5.69. The van der Waals surface area contributed by atoms with Crippen LogP contribution in [0.4, 0.5) is 0 Å². The molecule has 0 fully saturated rings. The normalized spacial score (nSPS) is 10.9. The van der Waals surface area contributed by atoms with Crippen LogP contribution in [0.25, 0.3) is 0 Å². The van der Waals surface area contributed by atoms with E-state index in [1.165, 1.54) is 6.08 Å². The Bertz CT molecular complexity index is 786. The summed E-state index contributed by atoms with van der Waals surface area (Å²) >= 11 is 0. The zero-order chi connectivity index (χ0) is 17.7. The van der Waals surface area contributed by atoms with Gasteiger partial charge in [-0.25, -0.2) is 0 Å². The minimum atomic E-state index is -2.33. The highest BCUT2D eigenvalue weighted by atomic mass is 31.2. The second-order valence-corrected chi connectivity index (χ2v) is 9.12. The first-order valence-corrected chi connectivity index (χ1v) is 9.92. The van der Waals surface area contributed by atoms with Gasteiger partial charge in [-0.05, 0) is 42.5 Å². The van der Waals surface area contributed by atoms with Gasteiger partial charge in [-0.3, -0.25) is 4.79 Å². The quantitative estimate of drug-likeness (QED) is 0.483. The number of hydrogen-bond acceptors (Lipinski definition) is 1. The van der Waals surface area contributed by atoms with E-state index in [-0.39, 0.29) is 5.78 Å². The Morgan fingerprint density at radius 2 is 1.00 bits per heavy atom. The van der Waals surface area contributed by atoms with E-state index in [2.05, 4.69) is 49.6 Å². The molecule has 3 aromatic carbocycles. The molecule has 0 aliphatic heterocycles. The van der Waals surface area contributed by atoms with Crippen LogP contribution < -0.4 is 15.9 Å². The van der Waals surface area contributed by atoms with Crippen LogP contribution in [0.5, 0.6) is 0 Å². The summed E-state index contributed by atoms with van der Waals surface area (Å²) in [6.45, 7) is 7.94. The van der Waals surface area contributed by atoms with Crippen molar-refractivity contribution in [3.8, 4) is 0 Å². The molecule has 122 valence electrons. The summed E-state index contributed by atoms with van der Waals surface area (Å²) in [7, 11) is -2.33. The summed E-state index contributed by atoms with van der Waals surface area (Å²) in [5, 5.41) is 3.96. The summed E-state index contributed by atoms with van der Waals surface area (Å²) in [6.07, 6.45) is 1.37. The van der Waals surface area contributed by atoms with E-state index in [9.17, 15) is 4.79 Å². The molecule has 0 atom stereocenters. The van der Waals surface area contributed by atoms with E-state index >= 15 is 0 Å². The number of benzene rings is 3. The minimum absolute atomic E-state index is 0.107. The van der Waals surface area contributed by atoms with Gasteiger partial charge in [0.15, 0.2) is 0 Å². The molecule has 0 N–H and O–H groups in total. The maximum absolute atomic E-state index is 12.7. The monoisotopic (exact) mass is 343 g/mol. The van der Waals surface area contributed by atoms with Gasteiger partial charge < -0.3 is 0 Å². The summed E-state index contributed by atoms with van der Waals surface area (Å²) in [4.78, 5) is 12.7. The lowest BCUT2D eigenvalue weighted by atomic mass is 10.3. The third kappa shape index (κ3) is 2.99. The minimum Gasteiger partial charge on any atom is -0.286 e. The third-order valence-electron chi connectivity index (χ3n) is 4.31. The van der Waals surface area contributed by atoms with Crippen LogP contribution >= 0.6 is 7.26 Å². The number of ketones is 1. The lowest BCUT2D eigenvalue weighted by Crippen LogP contribution is -2.33. The first-order valence-electron chi connectivity index (χ1n) is 8.13. The molecule has 0 unspecified atom stereocenters. The summed E-state index contributed by atoms with van der Waals surface area (Å²) < 4.78 is 0. The molecule has 0 amide bonds.